The SMILES string of the molecule is OC[C@H]1OC(c2cccc3ccccc23)[C@H](O)[C@@H](O)[C@H]1O. The molecular formula is C16H18O5. The Labute approximate surface area is 122 Å². The molecule has 21 heavy (non-hydrogen) atoms. The lowest BCUT2D eigenvalue weighted by molar-refractivity contribution is -0.231. The molecular weight excluding hydrogens is 272 g/mol. The van der Waals surface area contributed by atoms with Crippen LogP contribution in [0.2, 0.25) is 0 Å². The zero-order chi connectivity index (χ0) is 15.0. The molecule has 0 aliphatic carbocycles. The number of hydrogen-bond donors (Lipinski definition) is 4. The summed E-state index contributed by atoms with van der Waals surface area (Å²) in [6.45, 7) is -0.424. The number of rotatable bonds is 2. The highest BCUT2D eigenvalue weighted by atomic mass is 16.5. The van der Waals surface area contributed by atoms with Crippen LogP contribution < -0.4 is 0 Å². The van der Waals surface area contributed by atoms with Gasteiger partial charge in [-0.05, 0) is 16.3 Å². The molecule has 4 N–H and O–H groups in total. The van der Waals surface area contributed by atoms with Crippen molar-refractivity contribution in [1.82, 2.24) is 0 Å². The molecule has 0 bridgehead atoms. The smallest absolute Gasteiger partial charge is 0.113 e. The summed E-state index contributed by atoms with van der Waals surface area (Å²) >= 11 is 0. The molecule has 1 unspecified atom stereocenters. The van der Waals surface area contributed by atoms with Gasteiger partial charge in [0.05, 0.1) is 6.61 Å². The first-order valence-electron chi connectivity index (χ1n) is 6.91. The summed E-state index contributed by atoms with van der Waals surface area (Å²) in [7, 11) is 0. The maximum absolute atomic E-state index is 10.2. The Morgan fingerprint density at radius 2 is 1.57 bits per heavy atom. The van der Waals surface area contributed by atoms with E-state index in [0.717, 1.165) is 16.3 Å². The molecule has 2 aromatic rings. The molecule has 0 aromatic heterocycles. The number of fused-ring (bicyclic) bond motifs is 1. The minimum atomic E-state index is -1.36. The van der Waals surface area contributed by atoms with E-state index < -0.39 is 37.1 Å². The molecule has 1 saturated heterocycles. The zero-order valence-electron chi connectivity index (χ0n) is 11.3. The maximum atomic E-state index is 10.2. The van der Waals surface area contributed by atoms with Crippen LogP contribution in [-0.4, -0.2) is 51.4 Å². The first-order valence-corrected chi connectivity index (χ1v) is 6.91. The molecule has 0 amide bonds. The van der Waals surface area contributed by atoms with Gasteiger partial charge in [0, 0.05) is 0 Å². The quantitative estimate of drug-likeness (QED) is 0.641. The fourth-order valence-electron chi connectivity index (χ4n) is 2.86. The highest BCUT2D eigenvalue weighted by Crippen LogP contribution is 2.35. The molecule has 1 aliphatic rings. The van der Waals surface area contributed by atoms with E-state index in [1.165, 1.54) is 0 Å². The van der Waals surface area contributed by atoms with Crippen LogP contribution in [0.15, 0.2) is 42.5 Å². The van der Waals surface area contributed by atoms with E-state index in [1.807, 2.05) is 42.5 Å². The summed E-state index contributed by atoms with van der Waals surface area (Å²) in [6.07, 6.45) is -5.65. The van der Waals surface area contributed by atoms with Crippen LogP contribution >= 0.6 is 0 Å². The molecule has 0 saturated carbocycles. The lowest BCUT2D eigenvalue weighted by atomic mass is 9.89. The maximum Gasteiger partial charge on any atom is 0.113 e. The largest absolute Gasteiger partial charge is 0.394 e. The standard InChI is InChI=1S/C16H18O5/c17-8-12-13(18)14(19)15(20)16(21-12)11-7-3-5-9-4-1-2-6-10(9)11/h1-7,12-20H,8H2/t12-,13+,14+,15-,16?/m1/s1. The van der Waals surface area contributed by atoms with Gasteiger partial charge in [0.1, 0.15) is 30.5 Å². The van der Waals surface area contributed by atoms with Crippen LogP contribution in [0.25, 0.3) is 10.8 Å². The summed E-state index contributed by atoms with van der Waals surface area (Å²) in [5, 5.41) is 41.1. The number of aliphatic hydroxyl groups excluding tert-OH is 4. The Hall–Kier alpha value is -1.50. The van der Waals surface area contributed by atoms with Gasteiger partial charge in [-0.25, -0.2) is 0 Å². The monoisotopic (exact) mass is 290 g/mol. The fourth-order valence-corrected chi connectivity index (χ4v) is 2.86. The second-order valence-corrected chi connectivity index (χ2v) is 5.32. The van der Waals surface area contributed by atoms with Crippen molar-refractivity contribution < 1.29 is 25.2 Å². The fraction of sp³-hybridized carbons (Fsp3) is 0.375. The van der Waals surface area contributed by atoms with Gasteiger partial charge < -0.3 is 25.2 Å². The summed E-state index contributed by atoms with van der Waals surface area (Å²) in [5.41, 5.74) is 0.727. The van der Waals surface area contributed by atoms with Crippen molar-refractivity contribution in [2.24, 2.45) is 0 Å². The third-order valence-electron chi connectivity index (χ3n) is 4.02. The van der Waals surface area contributed by atoms with E-state index in [9.17, 15) is 20.4 Å². The molecule has 5 nitrogen and oxygen atoms in total. The van der Waals surface area contributed by atoms with E-state index in [0.29, 0.717) is 0 Å². The van der Waals surface area contributed by atoms with Crippen molar-refractivity contribution in [3.05, 3.63) is 48.0 Å². The molecule has 2 aromatic carbocycles. The third kappa shape index (κ3) is 2.43. The lowest BCUT2D eigenvalue weighted by Crippen LogP contribution is -2.55. The van der Waals surface area contributed by atoms with Gasteiger partial charge in [0.15, 0.2) is 0 Å². The lowest BCUT2D eigenvalue weighted by Gasteiger charge is -2.40. The topological polar surface area (TPSA) is 90.2 Å². The first-order chi connectivity index (χ1) is 10.1. The molecule has 5 heteroatoms. The molecule has 1 fully saturated rings. The predicted molar refractivity (Wildman–Crippen MR) is 76.7 cm³/mol. The molecule has 3 rings (SSSR count). The Morgan fingerprint density at radius 1 is 0.857 bits per heavy atom. The number of ether oxygens (including phenoxy) is 1. The van der Waals surface area contributed by atoms with Crippen molar-refractivity contribution in [3.8, 4) is 0 Å². The minimum absolute atomic E-state index is 0.424. The molecule has 5 atom stereocenters. The van der Waals surface area contributed by atoms with Gasteiger partial charge in [-0.15, -0.1) is 0 Å². The Kier molecular flexibility index (Phi) is 3.93. The highest BCUT2D eigenvalue weighted by molar-refractivity contribution is 5.86. The Morgan fingerprint density at radius 3 is 2.33 bits per heavy atom. The molecule has 112 valence electrons. The second-order valence-electron chi connectivity index (χ2n) is 5.32. The number of aliphatic hydroxyl groups is 4. The number of benzene rings is 2. The minimum Gasteiger partial charge on any atom is -0.394 e. The van der Waals surface area contributed by atoms with Gasteiger partial charge >= 0.3 is 0 Å². The van der Waals surface area contributed by atoms with Crippen molar-refractivity contribution in [2.45, 2.75) is 30.5 Å². The van der Waals surface area contributed by atoms with Gasteiger partial charge in [-0.2, -0.15) is 0 Å². The van der Waals surface area contributed by atoms with E-state index in [1.54, 1.807) is 0 Å². The molecule has 1 aliphatic heterocycles. The van der Waals surface area contributed by atoms with Crippen LogP contribution in [0.4, 0.5) is 0 Å². The van der Waals surface area contributed by atoms with Crippen molar-refractivity contribution in [1.29, 1.82) is 0 Å². The summed E-state index contributed by atoms with van der Waals surface area (Å²) in [5.74, 6) is 0. The van der Waals surface area contributed by atoms with Crippen LogP contribution in [-0.2, 0) is 4.74 Å². The van der Waals surface area contributed by atoms with Crippen LogP contribution in [0.5, 0.6) is 0 Å². The van der Waals surface area contributed by atoms with E-state index in [4.69, 9.17) is 4.74 Å². The van der Waals surface area contributed by atoms with Crippen LogP contribution in [0.3, 0.4) is 0 Å². The zero-order valence-corrected chi connectivity index (χ0v) is 11.3. The van der Waals surface area contributed by atoms with Crippen molar-refractivity contribution in [3.63, 3.8) is 0 Å². The summed E-state index contributed by atoms with van der Waals surface area (Å²) in [4.78, 5) is 0. The highest BCUT2D eigenvalue weighted by Gasteiger charge is 2.44. The van der Waals surface area contributed by atoms with Crippen molar-refractivity contribution in [2.75, 3.05) is 6.61 Å². The molecule has 1 heterocycles. The second kappa shape index (κ2) is 5.71. The van der Waals surface area contributed by atoms with E-state index in [2.05, 4.69) is 0 Å². The average molecular weight is 290 g/mol. The average Bonchev–Trinajstić information content (AvgIpc) is 2.53. The van der Waals surface area contributed by atoms with Crippen molar-refractivity contribution >= 4 is 10.8 Å². The Balaban J connectivity index is 2.05. The molecule has 0 spiro atoms. The Bertz CT molecular complexity index is 622. The normalized spacial score (nSPS) is 33.2. The summed E-state index contributed by atoms with van der Waals surface area (Å²) < 4.78 is 5.61. The van der Waals surface area contributed by atoms with Gasteiger partial charge in [-0.1, -0.05) is 42.5 Å². The van der Waals surface area contributed by atoms with Crippen LogP contribution in [0.1, 0.15) is 11.7 Å². The van der Waals surface area contributed by atoms with Crippen LogP contribution in [0, 0.1) is 0 Å². The number of hydrogen-bond acceptors (Lipinski definition) is 5. The van der Waals surface area contributed by atoms with Gasteiger partial charge in [0.25, 0.3) is 0 Å². The van der Waals surface area contributed by atoms with Gasteiger partial charge in [0.2, 0.25) is 0 Å². The first kappa shape index (κ1) is 14.4. The third-order valence-corrected chi connectivity index (χ3v) is 4.02. The predicted octanol–water partition coefficient (Wildman–Crippen LogP) is 0.355. The molecule has 0 radical (unpaired) electrons. The summed E-state index contributed by atoms with van der Waals surface area (Å²) in [6, 6.07) is 13.3. The van der Waals surface area contributed by atoms with E-state index >= 15 is 0 Å². The van der Waals surface area contributed by atoms with E-state index in [-0.39, 0.29) is 0 Å². The van der Waals surface area contributed by atoms with Gasteiger partial charge in [-0.3, -0.25) is 0 Å².